The van der Waals surface area contributed by atoms with E-state index in [1.54, 1.807) is 21.0 Å². The van der Waals surface area contributed by atoms with Crippen molar-refractivity contribution in [1.29, 1.82) is 0 Å². The van der Waals surface area contributed by atoms with Crippen LogP contribution in [0.15, 0.2) is 48.5 Å². The van der Waals surface area contributed by atoms with Crippen molar-refractivity contribution in [3.05, 3.63) is 65.2 Å². The molecule has 0 radical (unpaired) electrons. The Bertz CT molecular complexity index is 1150. The van der Waals surface area contributed by atoms with Crippen LogP contribution in [0, 0.1) is 10.8 Å². The van der Waals surface area contributed by atoms with E-state index in [-0.39, 0.29) is 36.1 Å². The first-order chi connectivity index (χ1) is 17.2. The Labute approximate surface area is 213 Å². The zero-order valence-corrected chi connectivity index (χ0v) is 22.0. The van der Waals surface area contributed by atoms with Crippen LogP contribution in [-0.2, 0) is 37.4 Å². The number of methoxy groups -OCH3 is 1. The van der Waals surface area contributed by atoms with Gasteiger partial charge in [0.25, 0.3) is 0 Å². The summed E-state index contributed by atoms with van der Waals surface area (Å²) in [5.74, 6) is -0.0731. The Morgan fingerprint density at radius 2 is 1.64 bits per heavy atom. The van der Waals surface area contributed by atoms with Crippen molar-refractivity contribution in [3.63, 3.8) is 0 Å². The van der Waals surface area contributed by atoms with Gasteiger partial charge in [0.1, 0.15) is 5.75 Å². The van der Waals surface area contributed by atoms with Gasteiger partial charge in [-0.05, 0) is 67.3 Å². The van der Waals surface area contributed by atoms with E-state index in [4.69, 9.17) is 14.2 Å². The van der Waals surface area contributed by atoms with E-state index in [1.165, 1.54) is 11.1 Å². The number of hydrogen-bond acceptors (Lipinski definition) is 6. The lowest BCUT2D eigenvalue weighted by atomic mass is 9.39. The Hall–Kier alpha value is -2.86. The minimum absolute atomic E-state index is 0.166. The van der Waals surface area contributed by atoms with Crippen molar-refractivity contribution < 1.29 is 23.8 Å². The van der Waals surface area contributed by atoms with E-state index < -0.39 is 17.4 Å². The summed E-state index contributed by atoms with van der Waals surface area (Å²) in [7, 11) is 1.69. The fourth-order valence-corrected chi connectivity index (χ4v) is 7.53. The van der Waals surface area contributed by atoms with Crippen molar-refractivity contribution in [3.8, 4) is 5.75 Å². The predicted molar refractivity (Wildman–Crippen MR) is 137 cm³/mol. The molecule has 6 nitrogen and oxygen atoms in total. The molecular weight excluding hydrogens is 454 g/mol. The second-order valence-corrected chi connectivity index (χ2v) is 11.0. The molecule has 0 spiro atoms. The zero-order chi connectivity index (χ0) is 25.7. The monoisotopic (exact) mass is 491 g/mol. The molecular formula is C30H37NO5. The molecule has 0 N–H and O–H groups in total. The van der Waals surface area contributed by atoms with Crippen LogP contribution in [0.2, 0.25) is 0 Å². The summed E-state index contributed by atoms with van der Waals surface area (Å²) < 4.78 is 16.8. The molecule has 36 heavy (non-hydrogen) atoms. The van der Waals surface area contributed by atoms with Gasteiger partial charge in [-0.1, -0.05) is 50.2 Å². The summed E-state index contributed by atoms with van der Waals surface area (Å²) >= 11 is 0. The number of hydrogen-bond donors (Lipinski definition) is 0. The molecule has 2 aromatic carbocycles. The molecule has 192 valence electrons. The summed E-state index contributed by atoms with van der Waals surface area (Å²) in [6, 6.07) is 16.5. The van der Waals surface area contributed by atoms with Gasteiger partial charge in [-0.3, -0.25) is 14.5 Å². The van der Waals surface area contributed by atoms with Crippen LogP contribution in [0.25, 0.3) is 0 Å². The number of ether oxygens (including phenoxy) is 3. The quantitative estimate of drug-likeness (QED) is 0.414. The molecule has 1 saturated carbocycles. The molecule has 2 heterocycles. The third-order valence-corrected chi connectivity index (χ3v) is 9.43. The summed E-state index contributed by atoms with van der Waals surface area (Å²) in [4.78, 5) is 30.0. The third-order valence-electron chi connectivity index (χ3n) is 9.43. The molecule has 4 aliphatic rings. The fraction of sp³-hybridized carbons (Fsp3) is 0.533. The van der Waals surface area contributed by atoms with Crippen molar-refractivity contribution in [2.45, 2.75) is 71.0 Å². The number of fused-ring (bicyclic) bond motifs is 2. The topological polar surface area (TPSA) is 65.1 Å². The average molecular weight is 492 g/mol. The minimum Gasteiger partial charge on any atom is -0.497 e. The van der Waals surface area contributed by atoms with Crippen molar-refractivity contribution in [2.24, 2.45) is 10.8 Å². The summed E-state index contributed by atoms with van der Waals surface area (Å²) in [6.45, 7) is 9.27. The van der Waals surface area contributed by atoms with Gasteiger partial charge in [0.05, 0.1) is 20.3 Å². The average Bonchev–Trinajstić information content (AvgIpc) is 2.87. The Morgan fingerprint density at radius 3 is 2.25 bits per heavy atom. The molecule has 2 aromatic rings. The van der Waals surface area contributed by atoms with Crippen molar-refractivity contribution in [2.75, 3.05) is 20.3 Å². The molecule has 3 fully saturated rings. The summed E-state index contributed by atoms with van der Waals surface area (Å²) in [5.41, 5.74) is 1.79. The van der Waals surface area contributed by atoms with Gasteiger partial charge in [-0.15, -0.1) is 0 Å². The van der Waals surface area contributed by atoms with Crippen molar-refractivity contribution in [1.82, 2.24) is 4.90 Å². The van der Waals surface area contributed by atoms with E-state index >= 15 is 0 Å². The molecule has 6 rings (SSSR count). The van der Waals surface area contributed by atoms with Crippen LogP contribution in [-0.4, -0.2) is 49.2 Å². The van der Waals surface area contributed by atoms with Crippen LogP contribution in [0.5, 0.6) is 5.75 Å². The normalized spacial score (nSPS) is 29.8. The summed E-state index contributed by atoms with van der Waals surface area (Å²) in [5, 5.41) is 0. The number of rotatable bonds is 7. The van der Waals surface area contributed by atoms with Gasteiger partial charge in [0.2, 0.25) is 0 Å². The van der Waals surface area contributed by atoms with Crippen LogP contribution in [0.3, 0.4) is 0 Å². The molecule has 2 saturated heterocycles. The predicted octanol–water partition coefficient (Wildman–Crippen LogP) is 4.67. The molecule has 4 bridgehead atoms. The minimum atomic E-state index is -1.36. The highest BCUT2D eigenvalue weighted by atomic mass is 16.6. The van der Waals surface area contributed by atoms with Crippen LogP contribution in [0.4, 0.5) is 0 Å². The lowest BCUT2D eigenvalue weighted by molar-refractivity contribution is -0.225. The lowest BCUT2D eigenvalue weighted by Crippen LogP contribution is -2.79. The SMILES string of the molecule is CCOC(=O)C1(C(=O)OCC)C[C@]2(C)C3Cc4ccc(OC)cc4[C@]2(C)CC1N3Cc1ccccc1. The van der Waals surface area contributed by atoms with E-state index in [0.29, 0.717) is 19.4 Å². The number of benzene rings is 2. The second-order valence-electron chi connectivity index (χ2n) is 11.0. The van der Waals surface area contributed by atoms with Gasteiger partial charge < -0.3 is 14.2 Å². The summed E-state index contributed by atoms with van der Waals surface area (Å²) in [6.07, 6.45) is 1.92. The van der Waals surface area contributed by atoms with E-state index in [9.17, 15) is 9.59 Å². The molecule has 2 aliphatic heterocycles. The fourth-order valence-electron chi connectivity index (χ4n) is 7.53. The van der Waals surface area contributed by atoms with E-state index in [1.807, 2.05) is 24.3 Å². The van der Waals surface area contributed by atoms with Gasteiger partial charge in [0.15, 0.2) is 5.41 Å². The Morgan fingerprint density at radius 1 is 0.972 bits per heavy atom. The third kappa shape index (κ3) is 3.33. The number of nitrogens with zero attached hydrogens (tertiary/aromatic N) is 1. The van der Waals surface area contributed by atoms with Crippen LogP contribution >= 0.6 is 0 Å². The maximum atomic E-state index is 13.8. The molecule has 0 amide bonds. The zero-order valence-electron chi connectivity index (χ0n) is 22.0. The van der Waals surface area contributed by atoms with Crippen molar-refractivity contribution >= 4 is 11.9 Å². The molecule has 4 atom stereocenters. The highest BCUT2D eigenvalue weighted by Gasteiger charge is 2.75. The maximum absolute atomic E-state index is 13.8. The number of piperidine rings is 2. The number of carbonyl (C=O) groups excluding carboxylic acids is 2. The molecule has 0 aromatic heterocycles. The van der Waals surface area contributed by atoms with Gasteiger partial charge in [-0.2, -0.15) is 0 Å². The highest BCUT2D eigenvalue weighted by Crippen LogP contribution is 2.69. The first-order valence-electron chi connectivity index (χ1n) is 13.1. The maximum Gasteiger partial charge on any atom is 0.325 e. The standard InChI is InChI=1S/C30H37NO5/c1-6-35-26(32)30(27(33)36-7-2)19-29(4)24-15-21-13-14-22(34-5)16-23(21)28(29,3)17-25(30)31(24)18-20-11-9-8-10-12-20/h8-14,16,24-25H,6-7,15,17-19H2,1-5H3/t24?,25?,28-,29+/m0/s1. The molecule has 2 aliphatic carbocycles. The van der Waals surface area contributed by atoms with Gasteiger partial charge >= 0.3 is 11.9 Å². The molecule has 6 heteroatoms. The largest absolute Gasteiger partial charge is 0.497 e. The number of carbonyl (C=O) groups is 2. The molecule has 2 unspecified atom stereocenters. The first kappa shape index (κ1) is 24.8. The lowest BCUT2D eigenvalue weighted by Gasteiger charge is -2.72. The Balaban J connectivity index is 1.71. The van der Waals surface area contributed by atoms with Crippen LogP contribution in [0.1, 0.15) is 57.2 Å². The van der Waals surface area contributed by atoms with Gasteiger partial charge in [0, 0.05) is 24.0 Å². The van der Waals surface area contributed by atoms with Crippen LogP contribution < -0.4 is 4.74 Å². The second kappa shape index (κ2) is 8.91. The highest BCUT2D eigenvalue weighted by molar-refractivity contribution is 6.01. The smallest absolute Gasteiger partial charge is 0.325 e. The first-order valence-corrected chi connectivity index (χ1v) is 13.1. The van der Waals surface area contributed by atoms with E-state index in [2.05, 4.69) is 43.0 Å². The Kier molecular flexibility index (Phi) is 6.14. The van der Waals surface area contributed by atoms with E-state index in [0.717, 1.165) is 17.7 Å². The number of esters is 2. The van der Waals surface area contributed by atoms with Gasteiger partial charge in [-0.25, -0.2) is 0 Å².